The van der Waals surface area contributed by atoms with Crippen molar-refractivity contribution >= 4 is 0 Å². The second-order valence-electron chi connectivity index (χ2n) is 3.87. The fourth-order valence-corrected chi connectivity index (χ4v) is 1.32. The maximum atomic E-state index is 9.85. The van der Waals surface area contributed by atoms with Gasteiger partial charge in [0.05, 0.1) is 12.7 Å². The molecule has 0 rings (SSSR count). The number of aliphatic hydroxyl groups excluding tert-OH is 2. The zero-order valence-electron chi connectivity index (χ0n) is 9.77. The molecule has 2 atom stereocenters. The predicted octanol–water partition coefficient (Wildman–Crippen LogP) is -0.388. The van der Waals surface area contributed by atoms with Gasteiger partial charge in [-0.1, -0.05) is 6.92 Å². The molecule has 0 aromatic heterocycles. The van der Waals surface area contributed by atoms with Crippen LogP contribution in [0.5, 0.6) is 0 Å². The largest absolute Gasteiger partial charge is 0.395 e. The van der Waals surface area contributed by atoms with Crippen LogP contribution in [0.15, 0.2) is 0 Å². The fourth-order valence-electron chi connectivity index (χ4n) is 1.32. The van der Waals surface area contributed by atoms with Crippen LogP contribution in [0.2, 0.25) is 0 Å². The van der Waals surface area contributed by atoms with Crippen molar-refractivity contribution in [2.75, 3.05) is 40.3 Å². The SMILES string of the molecule is CCN(C)C(C)C(O)CN(C)CCO. The Kier molecular flexibility index (Phi) is 7.09. The van der Waals surface area contributed by atoms with Gasteiger partial charge in [-0.15, -0.1) is 0 Å². The van der Waals surface area contributed by atoms with E-state index in [4.69, 9.17) is 5.11 Å². The lowest BCUT2D eigenvalue weighted by Gasteiger charge is -2.30. The number of nitrogens with zero attached hydrogens (tertiary/aromatic N) is 2. The van der Waals surface area contributed by atoms with Crippen molar-refractivity contribution in [1.82, 2.24) is 9.80 Å². The molecule has 0 amide bonds. The molecular formula is C10H24N2O2. The molecule has 2 N–H and O–H groups in total. The highest BCUT2D eigenvalue weighted by Crippen LogP contribution is 2.02. The second-order valence-corrected chi connectivity index (χ2v) is 3.87. The van der Waals surface area contributed by atoms with Crippen molar-refractivity contribution in [2.45, 2.75) is 26.0 Å². The summed E-state index contributed by atoms with van der Waals surface area (Å²) in [5, 5.41) is 18.6. The van der Waals surface area contributed by atoms with Crippen LogP contribution in [-0.4, -0.2) is 72.5 Å². The molecule has 0 saturated carbocycles. The summed E-state index contributed by atoms with van der Waals surface area (Å²) in [4.78, 5) is 4.04. The lowest BCUT2D eigenvalue weighted by atomic mass is 10.1. The van der Waals surface area contributed by atoms with E-state index in [2.05, 4.69) is 11.8 Å². The number of rotatable bonds is 7. The Hall–Kier alpha value is -0.160. The molecule has 0 radical (unpaired) electrons. The topological polar surface area (TPSA) is 46.9 Å². The molecule has 0 aliphatic rings. The minimum absolute atomic E-state index is 0.140. The summed E-state index contributed by atoms with van der Waals surface area (Å²) >= 11 is 0. The Bertz CT molecular complexity index is 144. The average Bonchev–Trinajstić information content (AvgIpc) is 2.15. The Morgan fingerprint density at radius 1 is 1.29 bits per heavy atom. The zero-order valence-corrected chi connectivity index (χ0v) is 9.77. The van der Waals surface area contributed by atoms with Crippen LogP contribution in [0.25, 0.3) is 0 Å². The van der Waals surface area contributed by atoms with E-state index in [1.165, 1.54) is 0 Å². The lowest BCUT2D eigenvalue weighted by molar-refractivity contribution is 0.0461. The van der Waals surface area contributed by atoms with Gasteiger partial charge in [0.2, 0.25) is 0 Å². The molecule has 4 nitrogen and oxygen atoms in total. The lowest BCUT2D eigenvalue weighted by Crippen LogP contribution is -2.44. The van der Waals surface area contributed by atoms with Gasteiger partial charge in [0.1, 0.15) is 0 Å². The van der Waals surface area contributed by atoms with Crippen LogP contribution in [-0.2, 0) is 0 Å². The summed E-state index contributed by atoms with van der Waals surface area (Å²) in [5.74, 6) is 0. The van der Waals surface area contributed by atoms with Crippen LogP contribution in [0, 0.1) is 0 Å². The average molecular weight is 204 g/mol. The van der Waals surface area contributed by atoms with Crippen LogP contribution in [0.1, 0.15) is 13.8 Å². The molecule has 0 aromatic rings. The normalized spacial score (nSPS) is 16.3. The first-order valence-corrected chi connectivity index (χ1v) is 5.20. The van der Waals surface area contributed by atoms with Gasteiger partial charge < -0.3 is 20.0 Å². The van der Waals surface area contributed by atoms with E-state index >= 15 is 0 Å². The maximum absolute atomic E-state index is 9.85. The molecule has 14 heavy (non-hydrogen) atoms. The van der Waals surface area contributed by atoms with Gasteiger partial charge in [-0.2, -0.15) is 0 Å². The standard InChI is InChI=1S/C10H24N2O2/c1-5-12(4)9(2)10(14)8-11(3)6-7-13/h9-10,13-14H,5-8H2,1-4H3. The molecule has 0 aliphatic heterocycles. The van der Waals surface area contributed by atoms with Crippen molar-refractivity contribution < 1.29 is 10.2 Å². The van der Waals surface area contributed by atoms with Crippen LogP contribution in [0.4, 0.5) is 0 Å². The van der Waals surface area contributed by atoms with E-state index in [9.17, 15) is 5.11 Å². The van der Waals surface area contributed by atoms with Gasteiger partial charge in [0.15, 0.2) is 0 Å². The molecule has 4 heteroatoms. The first-order chi connectivity index (χ1) is 6.52. The van der Waals surface area contributed by atoms with Gasteiger partial charge in [0, 0.05) is 19.1 Å². The highest BCUT2D eigenvalue weighted by molar-refractivity contribution is 4.74. The number of likely N-dealkylation sites (N-methyl/N-ethyl adjacent to an activating group) is 2. The predicted molar refractivity (Wildman–Crippen MR) is 58.4 cm³/mol. The van der Waals surface area contributed by atoms with Crippen molar-refractivity contribution in [2.24, 2.45) is 0 Å². The van der Waals surface area contributed by atoms with E-state index in [0.29, 0.717) is 13.1 Å². The van der Waals surface area contributed by atoms with Gasteiger partial charge in [-0.05, 0) is 27.6 Å². The molecule has 0 bridgehead atoms. The summed E-state index contributed by atoms with van der Waals surface area (Å²) in [6.45, 7) is 6.37. The minimum Gasteiger partial charge on any atom is -0.395 e. The van der Waals surface area contributed by atoms with E-state index in [1.54, 1.807) is 0 Å². The molecule has 0 heterocycles. The zero-order chi connectivity index (χ0) is 11.1. The number of aliphatic hydroxyl groups is 2. The van der Waals surface area contributed by atoms with E-state index in [1.807, 2.05) is 25.9 Å². The highest BCUT2D eigenvalue weighted by atomic mass is 16.3. The highest BCUT2D eigenvalue weighted by Gasteiger charge is 2.18. The van der Waals surface area contributed by atoms with E-state index < -0.39 is 0 Å². The summed E-state index contributed by atoms with van der Waals surface area (Å²) in [7, 11) is 3.90. The Balaban J connectivity index is 3.87. The monoisotopic (exact) mass is 204 g/mol. The molecule has 0 spiro atoms. The molecule has 86 valence electrons. The quantitative estimate of drug-likeness (QED) is 0.593. The van der Waals surface area contributed by atoms with Crippen molar-refractivity contribution in [3.8, 4) is 0 Å². The Morgan fingerprint density at radius 2 is 1.86 bits per heavy atom. The van der Waals surface area contributed by atoms with Crippen molar-refractivity contribution in [1.29, 1.82) is 0 Å². The maximum Gasteiger partial charge on any atom is 0.0819 e. The first kappa shape index (κ1) is 13.8. The molecule has 2 unspecified atom stereocenters. The van der Waals surface area contributed by atoms with Gasteiger partial charge in [0.25, 0.3) is 0 Å². The fraction of sp³-hybridized carbons (Fsp3) is 1.00. The van der Waals surface area contributed by atoms with Gasteiger partial charge in [-0.3, -0.25) is 0 Å². The first-order valence-electron chi connectivity index (χ1n) is 5.20. The second kappa shape index (κ2) is 7.17. The molecular weight excluding hydrogens is 180 g/mol. The summed E-state index contributed by atoms with van der Waals surface area (Å²) in [6.07, 6.45) is -0.364. The smallest absolute Gasteiger partial charge is 0.0819 e. The number of hydrogen-bond acceptors (Lipinski definition) is 4. The third-order valence-corrected chi connectivity index (χ3v) is 2.73. The molecule has 0 aliphatic carbocycles. The summed E-state index contributed by atoms with van der Waals surface area (Å²) in [6, 6.07) is 0.154. The van der Waals surface area contributed by atoms with Crippen molar-refractivity contribution in [3.05, 3.63) is 0 Å². The Labute approximate surface area is 87.1 Å². The van der Waals surface area contributed by atoms with E-state index in [-0.39, 0.29) is 18.8 Å². The number of hydrogen-bond donors (Lipinski definition) is 2. The third kappa shape index (κ3) is 4.91. The summed E-state index contributed by atoms with van der Waals surface area (Å²) in [5.41, 5.74) is 0. The molecule has 0 aromatic carbocycles. The molecule has 0 saturated heterocycles. The van der Waals surface area contributed by atoms with Crippen molar-refractivity contribution in [3.63, 3.8) is 0 Å². The van der Waals surface area contributed by atoms with Crippen LogP contribution >= 0.6 is 0 Å². The van der Waals surface area contributed by atoms with Gasteiger partial charge in [-0.25, -0.2) is 0 Å². The Morgan fingerprint density at radius 3 is 2.29 bits per heavy atom. The van der Waals surface area contributed by atoms with Crippen LogP contribution in [0.3, 0.4) is 0 Å². The molecule has 0 fully saturated rings. The summed E-state index contributed by atoms with van der Waals surface area (Å²) < 4.78 is 0. The van der Waals surface area contributed by atoms with Crippen LogP contribution < -0.4 is 0 Å². The minimum atomic E-state index is -0.364. The third-order valence-electron chi connectivity index (χ3n) is 2.73. The van der Waals surface area contributed by atoms with E-state index in [0.717, 1.165) is 6.54 Å². The van der Waals surface area contributed by atoms with Gasteiger partial charge >= 0.3 is 0 Å².